The van der Waals surface area contributed by atoms with Crippen LogP contribution in [0.25, 0.3) is 0 Å². The lowest BCUT2D eigenvalue weighted by Crippen LogP contribution is -2.56. The van der Waals surface area contributed by atoms with Crippen molar-refractivity contribution in [3.8, 4) is 0 Å². The van der Waals surface area contributed by atoms with Crippen LogP contribution < -0.4 is 5.32 Å². The molecule has 1 fully saturated rings. The van der Waals surface area contributed by atoms with Crippen LogP contribution in [-0.2, 0) is 6.54 Å². The fourth-order valence-corrected chi connectivity index (χ4v) is 2.83. The van der Waals surface area contributed by atoms with Gasteiger partial charge >= 0.3 is 0 Å². The zero-order valence-electron chi connectivity index (χ0n) is 12.9. The first kappa shape index (κ1) is 14.5. The average Bonchev–Trinajstić information content (AvgIpc) is 2.32. The molecule has 0 saturated heterocycles. The molecule has 0 aliphatic heterocycles. The van der Waals surface area contributed by atoms with Gasteiger partial charge in [-0.05, 0) is 50.4 Å². The van der Waals surface area contributed by atoms with Crippen molar-refractivity contribution in [2.45, 2.75) is 51.1 Å². The number of benzene rings is 1. The zero-order valence-corrected chi connectivity index (χ0v) is 12.9. The monoisotopic (exact) mass is 260 g/mol. The molecule has 1 aromatic rings. The number of nitrogens with one attached hydrogen (secondary N) is 1. The predicted octanol–water partition coefficient (Wildman–Crippen LogP) is 3.38. The molecule has 0 atom stereocenters. The van der Waals surface area contributed by atoms with E-state index in [0.29, 0.717) is 11.5 Å². The van der Waals surface area contributed by atoms with E-state index in [0.717, 1.165) is 13.1 Å². The fraction of sp³-hybridized carbons (Fsp3) is 0.647. The summed E-state index contributed by atoms with van der Waals surface area (Å²) in [6, 6.07) is 9.02. The molecule has 19 heavy (non-hydrogen) atoms. The maximum absolute atomic E-state index is 3.63. The van der Waals surface area contributed by atoms with Gasteiger partial charge in [0.25, 0.3) is 0 Å². The Balaban J connectivity index is 1.82. The van der Waals surface area contributed by atoms with Crippen LogP contribution in [-0.4, -0.2) is 31.1 Å². The van der Waals surface area contributed by atoms with Crippen LogP contribution >= 0.6 is 0 Å². The maximum atomic E-state index is 3.63. The van der Waals surface area contributed by atoms with E-state index in [1.165, 1.54) is 30.4 Å². The summed E-state index contributed by atoms with van der Waals surface area (Å²) in [6.45, 7) is 6.56. The molecule has 1 aliphatic carbocycles. The fourth-order valence-electron chi connectivity index (χ4n) is 2.83. The van der Waals surface area contributed by atoms with E-state index in [1.54, 1.807) is 0 Å². The van der Waals surface area contributed by atoms with Crippen LogP contribution in [0, 0.1) is 0 Å². The molecule has 0 aromatic heterocycles. The lowest BCUT2D eigenvalue weighted by atomic mass is 9.75. The maximum Gasteiger partial charge on any atom is 0.0328 e. The summed E-state index contributed by atoms with van der Waals surface area (Å²) in [6.07, 6.45) is 4.04. The van der Waals surface area contributed by atoms with Gasteiger partial charge in [-0.3, -0.25) is 0 Å². The topological polar surface area (TPSA) is 15.3 Å². The summed E-state index contributed by atoms with van der Waals surface area (Å²) < 4.78 is 0. The van der Waals surface area contributed by atoms with Crippen molar-refractivity contribution in [3.63, 3.8) is 0 Å². The van der Waals surface area contributed by atoms with Gasteiger partial charge in [-0.25, -0.2) is 0 Å². The summed E-state index contributed by atoms with van der Waals surface area (Å²) in [4.78, 5) is 2.39. The molecular formula is C17H28N2. The highest BCUT2D eigenvalue weighted by atomic mass is 15.2. The van der Waals surface area contributed by atoms with Gasteiger partial charge in [0.1, 0.15) is 0 Å². The van der Waals surface area contributed by atoms with Crippen molar-refractivity contribution in [3.05, 3.63) is 35.4 Å². The molecule has 1 N–H and O–H groups in total. The normalized spacial score (nSPS) is 17.8. The lowest BCUT2D eigenvalue weighted by molar-refractivity contribution is 0.0598. The van der Waals surface area contributed by atoms with E-state index in [4.69, 9.17) is 0 Å². The standard InChI is InChI=1S/C17H28N2/c1-14(2)16-8-6-15(7-9-16)12-18-13-17(19(3)4)10-5-11-17/h6-9,14,18H,5,10-13H2,1-4H3. The molecule has 2 nitrogen and oxygen atoms in total. The highest BCUT2D eigenvalue weighted by molar-refractivity contribution is 5.24. The Morgan fingerprint density at radius 2 is 1.79 bits per heavy atom. The minimum atomic E-state index is 0.415. The first-order valence-corrected chi connectivity index (χ1v) is 7.50. The summed E-state index contributed by atoms with van der Waals surface area (Å²) in [5.41, 5.74) is 3.22. The Labute approximate surface area is 118 Å². The minimum Gasteiger partial charge on any atom is -0.311 e. The van der Waals surface area contributed by atoms with Crippen LogP contribution in [0.15, 0.2) is 24.3 Å². The molecule has 106 valence electrons. The van der Waals surface area contributed by atoms with Gasteiger partial charge in [0.2, 0.25) is 0 Å². The Morgan fingerprint density at radius 1 is 1.16 bits per heavy atom. The molecule has 0 bridgehead atoms. The van der Waals surface area contributed by atoms with Gasteiger partial charge in [-0.2, -0.15) is 0 Å². The molecule has 0 heterocycles. The number of nitrogens with zero attached hydrogens (tertiary/aromatic N) is 1. The third kappa shape index (κ3) is 3.37. The van der Waals surface area contributed by atoms with Crippen LogP contribution in [0.2, 0.25) is 0 Å². The third-order valence-corrected chi connectivity index (χ3v) is 4.66. The van der Waals surface area contributed by atoms with Crippen molar-refractivity contribution in [2.75, 3.05) is 20.6 Å². The van der Waals surface area contributed by atoms with Gasteiger partial charge in [0.15, 0.2) is 0 Å². The molecule has 0 unspecified atom stereocenters. The van der Waals surface area contributed by atoms with Crippen molar-refractivity contribution in [1.82, 2.24) is 10.2 Å². The van der Waals surface area contributed by atoms with Crippen LogP contribution in [0.4, 0.5) is 0 Å². The van der Waals surface area contributed by atoms with E-state index in [-0.39, 0.29) is 0 Å². The average molecular weight is 260 g/mol. The SMILES string of the molecule is CC(C)c1ccc(CNCC2(N(C)C)CCC2)cc1. The first-order valence-electron chi connectivity index (χ1n) is 7.50. The Bertz CT molecular complexity index is 388. The lowest BCUT2D eigenvalue weighted by Gasteiger charge is -2.47. The van der Waals surface area contributed by atoms with Crippen molar-refractivity contribution < 1.29 is 0 Å². The van der Waals surface area contributed by atoms with Gasteiger partial charge in [0, 0.05) is 18.6 Å². The second-order valence-corrected chi connectivity index (χ2v) is 6.47. The van der Waals surface area contributed by atoms with Gasteiger partial charge < -0.3 is 10.2 Å². The van der Waals surface area contributed by atoms with Crippen LogP contribution in [0.3, 0.4) is 0 Å². The molecular weight excluding hydrogens is 232 g/mol. The van der Waals surface area contributed by atoms with Crippen LogP contribution in [0.5, 0.6) is 0 Å². The first-order chi connectivity index (χ1) is 9.03. The summed E-state index contributed by atoms with van der Waals surface area (Å²) in [7, 11) is 4.41. The Hall–Kier alpha value is -0.860. The van der Waals surface area contributed by atoms with E-state index < -0.39 is 0 Å². The highest BCUT2D eigenvalue weighted by Crippen LogP contribution is 2.35. The number of hydrogen-bond acceptors (Lipinski definition) is 2. The molecule has 2 heteroatoms. The van der Waals surface area contributed by atoms with Crippen molar-refractivity contribution in [2.24, 2.45) is 0 Å². The van der Waals surface area contributed by atoms with Gasteiger partial charge in [0.05, 0.1) is 0 Å². The van der Waals surface area contributed by atoms with E-state index in [1.807, 2.05) is 0 Å². The molecule has 2 rings (SSSR count). The Kier molecular flexibility index (Phi) is 4.64. The second kappa shape index (κ2) is 6.06. The molecule has 1 aromatic carbocycles. The molecule has 0 spiro atoms. The molecule has 1 saturated carbocycles. The quantitative estimate of drug-likeness (QED) is 0.843. The zero-order chi connectivity index (χ0) is 13.9. The summed E-state index contributed by atoms with van der Waals surface area (Å²) >= 11 is 0. The second-order valence-electron chi connectivity index (χ2n) is 6.47. The number of likely N-dealkylation sites (N-methyl/N-ethyl adjacent to an activating group) is 1. The third-order valence-electron chi connectivity index (χ3n) is 4.66. The summed E-state index contributed by atoms with van der Waals surface area (Å²) in [5.74, 6) is 0.619. The van der Waals surface area contributed by atoms with Crippen molar-refractivity contribution in [1.29, 1.82) is 0 Å². The van der Waals surface area contributed by atoms with E-state index >= 15 is 0 Å². The van der Waals surface area contributed by atoms with Crippen LogP contribution in [0.1, 0.15) is 50.2 Å². The largest absolute Gasteiger partial charge is 0.311 e. The Morgan fingerprint density at radius 3 is 2.21 bits per heavy atom. The minimum absolute atomic E-state index is 0.415. The molecule has 0 radical (unpaired) electrons. The van der Waals surface area contributed by atoms with E-state index in [2.05, 4.69) is 62.4 Å². The summed E-state index contributed by atoms with van der Waals surface area (Å²) in [5, 5.41) is 3.63. The smallest absolute Gasteiger partial charge is 0.0328 e. The number of hydrogen-bond donors (Lipinski definition) is 1. The van der Waals surface area contributed by atoms with E-state index in [9.17, 15) is 0 Å². The van der Waals surface area contributed by atoms with Gasteiger partial charge in [-0.15, -0.1) is 0 Å². The highest BCUT2D eigenvalue weighted by Gasteiger charge is 2.38. The number of rotatable bonds is 6. The predicted molar refractivity (Wildman–Crippen MR) is 82.5 cm³/mol. The van der Waals surface area contributed by atoms with Gasteiger partial charge in [-0.1, -0.05) is 38.1 Å². The molecule has 0 amide bonds. The van der Waals surface area contributed by atoms with Crippen molar-refractivity contribution >= 4 is 0 Å². The molecule has 1 aliphatic rings.